The summed E-state index contributed by atoms with van der Waals surface area (Å²) in [5.74, 6) is 0. The van der Waals surface area contributed by atoms with Gasteiger partial charge in [-0.1, -0.05) is 0 Å². The van der Waals surface area contributed by atoms with Gasteiger partial charge in [-0.25, -0.2) is 0 Å². The lowest BCUT2D eigenvalue weighted by molar-refractivity contribution is 0.0946. The minimum absolute atomic E-state index is 0.155. The number of thiol groups is 2. The Morgan fingerprint density at radius 2 is 2.12 bits per heavy atom. The molecule has 0 unspecified atom stereocenters. The van der Waals surface area contributed by atoms with Crippen LogP contribution < -0.4 is 0 Å². The molecule has 0 radical (unpaired) electrons. The summed E-state index contributed by atoms with van der Waals surface area (Å²) in [6, 6.07) is 0. The molecule has 0 atom stereocenters. The molecule has 0 spiro atoms. The zero-order chi connectivity index (χ0) is 6.04. The molecule has 1 fully saturated rings. The van der Waals surface area contributed by atoms with Crippen LogP contribution in [0, 0.1) is 0 Å². The lowest BCUT2D eigenvalue weighted by atomic mass is 10.2. The van der Waals surface area contributed by atoms with Gasteiger partial charge in [-0.2, -0.15) is 25.3 Å². The second kappa shape index (κ2) is 2.50. The third-order valence-corrected chi connectivity index (χ3v) is 1.90. The smallest absolute Gasteiger partial charge is 0.0785 e. The van der Waals surface area contributed by atoms with Crippen molar-refractivity contribution in [3.63, 3.8) is 0 Å². The molecule has 1 heterocycles. The topological polar surface area (TPSA) is 9.23 Å². The maximum absolute atomic E-state index is 5.13. The summed E-state index contributed by atoms with van der Waals surface area (Å²) in [5.41, 5.74) is 0. The highest BCUT2D eigenvalue weighted by Gasteiger charge is 2.23. The van der Waals surface area contributed by atoms with Crippen molar-refractivity contribution in [1.82, 2.24) is 0 Å². The van der Waals surface area contributed by atoms with Gasteiger partial charge in [-0.15, -0.1) is 0 Å². The summed E-state index contributed by atoms with van der Waals surface area (Å²) in [6.45, 7) is 1.56. The summed E-state index contributed by atoms with van der Waals surface area (Å²) in [5, 5.41) is 0. The first kappa shape index (κ1) is 6.78. The molecule has 8 heavy (non-hydrogen) atoms. The van der Waals surface area contributed by atoms with E-state index in [1.807, 2.05) is 0 Å². The van der Waals surface area contributed by atoms with E-state index in [2.05, 4.69) is 25.3 Å². The van der Waals surface area contributed by atoms with Crippen molar-refractivity contribution in [3.8, 4) is 0 Å². The summed E-state index contributed by atoms with van der Waals surface area (Å²) in [4.78, 5) is 0. The van der Waals surface area contributed by atoms with Gasteiger partial charge in [0.25, 0.3) is 0 Å². The van der Waals surface area contributed by atoms with Gasteiger partial charge >= 0.3 is 0 Å². The summed E-state index contributed by atoms with van der Waals surface area (Å²) in [7, 11) is 0. The second-order valence-electron chi connectivity index (χ2n) is 2.14. The fourth-order valence-corrected chi connectivity index (χ4v) is 1.26. The van der Waals surface area contributed by atoms with Crippen molar-refractivity contribution in [2.24, 2.45) is 0 Å². The highest BCUT2D eigenvalue weighted by molar-refractivity contribution is 8.00. The van der Waals surface area contributed by atoms with Crippen LogP contribution in [0.2, 0.25) is 0 Å². The molecule has 0 aliphatic carbocycles. The van der Waals surface area contributed by atoms with E-state index in [9.17, 15) is 0 Å². The van der Waals surface area contributed by atoms with E-state index in [4.69, 9.17) is 4.74 Å². The van der Waals surface area contributed by atoms with Crippen LogP contribution in [0.25, 0.3) is 0 Å². The summed E-state index contributed by atoms with van der Waals surface area (Å²) >= 11 is 8.51. The molecule has 1 aliphatic rings. The van der Waals surface area contributed by atoms with E-state index in [0.717, 1.165) is 19.4 Å². The molecule has 0 saturated carbocycles. The van der Waals surface area contributed by atoms with Crippen molar-refractivity contribution in [1.29, 1.82) is 0 Å². The van der Waals surface area contributed by atoms with Crippen LogP contribution in [0.1, 0.15) is 12.8 Å². The molecule has 3 heteroatoms. The Labute approximate surface area is 60.6 Å². The third kappa shape index (κ3) is 1.88. The van der Waals surface area contributed by atoms with Gasteiger partial charge < -0.3 is 4.74 Å². The molecule has 1 aliphatic heterocycles. The monoisotopic (exact) mass is 150 g/mol. The highest BCUT2D eigenvalue weighted by atomic mass is 32.2. The molecule has 0 aromatic heterocycles. The van der Waals surface area contributed by atoms with Crippen LogP contribution in [0.4, 0.5) is 0 Å². The van der Waals surface area contributed by atoms with Crippen molar-refractivity contribution in [3.05, 3.63) is 0 Å². The minimum Gasteiger partial charge on any atom is -0.379 e. The van der Waals surface area contributed by atoms with Crippen LogP contribution in [0.15, 0.2) is 0 Å². The van der Waals surface area contributed by atoms with Gasteiger partial charge in [0.1, 0.15) is 0 Å². The molecule has 0 aromatic carbocycles. The molecule has 0 aromatic rings. The van der Waals surface area contributed by atoms with Gasteiger partial charge in [0.15, 0.2) is 0 Å². The van der Waals surface area contributed by atoms with Crippen LogP contribution in [-0.4, -0.2) is 17.3 Å². The Morgan fingerprint density at radius 3 is 2.38 bits per heavy atom. The van der Waals surface area contributed by atoms with E-state index < -0.39 is 0 Å². The predicted molar refractivity (Wildman–Crippen MR) is 40.8 cm³/mol. The number of rotatable bonds is 0. The normalized spacial score (nSPS) is 27.8. The third-order valence-electron chi connectivity index (χ3n) is 1.20. The molecule has 1 saturated heterocycles. The second-order valence-corrected chi connectivity index (χ2v) is 4.20. The number of hydrogen-bond acceptors (Lipinski definition) is 3. The molecular weight excluding hydrogens is 140 g/mol. The van der Waals surface area contributed by atoms with Crippen molar-refractivity contribution in [2.45, 2.75) is 16.9 Å². The molecule has 1 rings (SSSR count). The van der Waals surface area contributed by atoms with E-state index in [1.54, 1.807) is 0 Å². The predicted octanol–water partition coefficient (Wildman–Crippen LogP) is 1.35. The van der Waals surface area contributed by atoms with E-state index in [0.29, 0.717) is 6.61 Å². The Kier molecular flexibility index (Phi) is 2.12. The average molecular weight is 150 g/mol. The van der Waals surface area contributed by atoms with Gasteiger partial charge in [-0.05, 0) is 12.8 Å². The Balaban J connectivity index is 2.33. The van der Waals surface area contributed by atoms with Crippen molar-refractivity contribution < 1.29 is 4.74 Å². The Morgan fingerprint density at radius 1 is 1.38 bits per heavy atom. The van der Waals surface area contributed by atoms with Gasteiger partial charge in [0.05, 0.1) is 10.7 Å². The largest absolute Gasteiger partial charge is 0.379 e. The summed E-state index contributed by atoms with van der Waals surface area (Å²) < 4.78 is 4.98. The molecular formula is C5H10OS2. The first-order valence-corrected chi connectivity index (χ1v) is 3.63. The van der Waals surface area contributed by atoms with Gasteiger partial charge in [0.2, 0.25) is 0 Å². The lowest BCUT2D eigenvalue weighted by Crippen LogP contribution is -2.26. The van der Waals surface area contributed by atoms with E-state index >= 15 is 0 Å². The highest BCUT2D eigenvalue weighted by Crippen LogP contribution is 2.28. The fourth-order valence-electron chi connectivity index (χ4n) is 0.765. The lowest BCUT2D eigenvalue weighted by Gasteiger charge is -2.26. The van der Waals surface area contributed by atoms with Crippen LogP contribution >= 0.6 is 25.3 Å². The van der Waals surface area contributed by atoms with Crippen molar-refractivity contribution >= 4 is 25.3 Å². The standard InChI is InChI=1S/C5H10OS2/c7-5(8)2-1-3-6-4-5/h7-8H,1-4H2. The quantitative estimate of drug-likeness (QED) is 0.391. The first-order valence-electron chi connectivity index (χ1n) is 2.73. The molecule has 0 N–H and O–H groups in total. The number of hydrogen-bond donors (Lipinski definition) is 2. The van der Waals surface area contributed by atoms with E-state index in [-0.39, 0.29) is 4.08 Å². The SMILES string of the molecule is SC1(S)CCCOC1. The van der Waals surface area contributed by atoms with Crippen molar-refractivity contribution in [2.75, 3.05) is 13.2 Å². The fraction of sp³-hybridized carbons (Fsp3) is 1.00. The zero-order valence-corrected chi connectivity index (χ0v) is 6.42. The Hall–Kier alpha value is 0.660. The Bertz CT molecular complexity index is 74.5. The molecule has 0 bridgehead atoms. The first-order chi connectivity index (χ1) is 3.71. The average Bonchev–Trinajstić information content (AvgIpc) is 1.65. The van der Waals surface area contributed by atoms with Crippen LogP contribution in [0.3, 0.4) is 0 Å². The van der Waals surface area contributed by atoms with Gasteiger partial charge in [-0.3, -0.25) is 0 Å². The van der Waals surface area contributed by atoms with Crippen LogP contribution in [0.5, 0.6) is 0 Å². The number of ether oxygens (including phenoxy) is 1. The van der Waals surface area contributed by atoms with Crippen LogP contribution in [-0.2, 0) is 4.74 Å². The molecule has 1 nitrogen and oxygen atoms in total. The molecule has 48 valence electrons. The zero-order valence-electron chi connectivity index (χ0n) is 4.63. The maximum Gasteiger partial charge on any atom is 0.0785 e. The molecule has 0 amide bonds. The minimum atomic E-state index is -0.155. The van der Waals surface area contributed by atoms with Gasteiger partial charge in [0, 0.05) is 6.61 Å². The summed E-state index contributed by atoms with van der Waals surface area (Å²) in [6.07, 6.45) is 2.15. The van der Waals surface area contributed by atoms with E-state index in [1.165, 1.54) is 0 Å². The maximum atomic E-state index is 5.13.